The molecule has 5 nitrogen and oxygen atoms in total. The number of carbonyl (C=O) groups is 2. The molecule has 20 heavy (non-hydrogen) atoms. The lowest BCUT2D eigenvalue weighted by atomic mass is 10.0. The summed E-state index contributed by atoms with van der Waals surface area (Å²) in [6.45, 7) is 4.93. The fourth-order valence-corrected chi connectivity index (χ4v) is 1.76. The number of hydrogen-bond donors (Lipinski definition) is 2. The Balaban J connectivity index is 2.71. The van der Waals surface area contributed by atoms with E-state index in [-0.39, 0.29) is 12.5 Å². The summed E-state index contributed by atoms with van der Waals surface area (Å²) in [4.78, 5) is 24.5. The lowest BCUT2D eigenvalue weighted by Crippen LogP contribution is -2.50. The van der Waals surface area contributed by atoms with Gasteiger partial charge in [-0.15, -0.1) is 0 Å². The average molecular weight is 299 g/mol. The van der Waals surface area contributed by atoms with E-state index in [2.05, 4.69) is 5.32 Å². The highest BCUT2D eigenvalue weighted by atomic mass is 35.5. The third-order valence-electron chi connectivity index (χ3n) is 3.32. The lowest BCUT2D eigenvalue weighted by molar-refractivity contribution is -0.148. The van der Waals surface area contributed by atoms with Gasteiger partial charge in [-0.3, -0.25) is 14.5 Å². The van der Waals surface area contributed by atoms with Gasteiger partial charge in [0.2, 0.25) is 5.91 Å². The normalized spacial score (nSPS) is 11.5. The molecular weight excluding hydrogens is 280 g/mol. The van der Waals surface area contributed by atoms with Crippen LogP contribution in [0, 0.1) is 6.92 Å². The number of nitrogens with zero attached hydrogens (tertiary/aromatic N) is 1. The Morgan fingerprint density at radius 2 is 2.00 bits per heavy atom. The molecule has 0 saturated heterocycles. The minimum atomic E-state index is -1.10. The predicted molar refractivity (Wildman–Crippen MR) is 79.2 cm³/mol. The number of aliphatic carboxylic acids is 1. The number of carboxylic acid groups (broad SMARTS) is 1. The van der Waals surface area contributed by atoms with E-state index < -0.39 is 11.5 Å². The van der Waals surface area contributed by atoms with E-state index in [0.717, 1.165) is 5.56 Å². The van der Waals surface area contributed by atoms with Crippen molar-refractivity contribution in [1.29, 1.82) is 0 Å². The Bertz CT molecular complexity index is 529. The molecule has 0 bridgehead atoms. The lowest BCUT2D eigenvalue weighted by Gasteiger charge is -2.30. The third-order valence-corrected chi connectivity index (χ3v) is 3.56. The first-order valence-corrected chi connectivity index (χ1v) is 6.53. The van der Waals surface area contributed by atoms with Crippen LogP contribution in [0.25, 0.3) is 0 Å². The number of nitrogens with one attached hydrogen (secondary N) is 1. The van der Waals surface area contributed by atoms with E-state index in [9.17, 15) is 9.59 Å². The molecule has 0 aromatic heterocycles. The maximum atomic E-state index is 12.0. The van der Waals surface area contributed by atoms with Crippen molar-refractivity contribution in [2.45, 2.75) is 26.3 Å². The maximum Gasteiger partial charge on any atom is 0.323 e. The minimum absolute atomic E-state index is 0.0125. The second kappa shape index (κ2) is 6.24. The van der Waals surface area contributed by atoms with Crippen molar-refractivity contribution in [3.05, 3.63) is 28.8 Å². The zero-order chi connectivity index (χ0) is 15.5. The summed E-state index contributed by atoms with van der Waals surface area (Å²) in [5, 5.41) is 12.4. The van der Waals surface area contributed by atoms with Crippen molar-refractivity contribution in [2.24, 2.45) is 0 Å². The average Bonchev–Trinajstić information content (AvgIpc) is 2.32. The van der Waals surface area contributed by atoms with Crippen molar-refractivity contribution >= 4 is 29.2 Å². The smallest absolute Gasteiger partial charge is 0.323 e. The third kappa shape index (κ3) is 3.95. The van der Waals surface area contributed by atoms with E-state index in [1.807, 2.05) is 6.92 Å². The van der Waals surface area contributed by atoms with Crippen molar-refractivity contribution in [3.63, 3.8) is 0 Å². The zero-order valence-corrected chi connectivity index (χ0v) is 12.8. The zero-order valence-electron chi connectivity index (χ0n) is 12.0. The first-order valence-electron chi connectivity index (χ1n) is 6.15. The van der Waals surface area contributed by atoms with Gasteiger partial charge in [-0.05, 0) is 51.6 Å². The van der Waals surface area contributed by atoms with Crippen LogP contribution in [0.15, 0.2) is 18.2 Å². The van der Waals surface area contributed by atoms with E-state index in [1.54, 1.807) is 39.1 Å². The van der Waals surface area contributed by atoms with E-state index in [0.29, 0.717) is 10.7 Å². The number of rotatable bonds is 5. The van der Waals surface area contributed by atoms with Crippen LogP contribution in [0.2, 0.25) is 5.02 Å². The number of carbonyl (C=O) groups excluding carboxylic acids is 1. The molecule has 2 N–H and O–H groups in total. The van der Waals surface area contributed by atoms with Crippen LogP contribution in [0.4, 0.5) is 5.69 Å². The van der Waals surface area contributed by atoms with Crippen LogP contribution in [-0.2, 0) is 9.59 Å². The topological polar surface area (TPSA) is 69.6 Å². The van der Waals surface area contributed by atoms with Crippen LogP contribution in [0.3, 0.4) is 0 Å². The van der Waals surface area contributed by atoms with E-state index in [1.165, 1.54) is 4.90 Å². The van der Waals surface area contributed by atoms with Crippen LogP contribution in [0.5, 0.6) is 0 Å². The highest BCUT2D eigenvalue weighted by Crippen LogP contribution is 2.20. The second-order valence-electron chi connectivity index (χ2n) is 5.23. The van der Waals surface area contributed by atoms with Crippen LogP contribution >= 0.6 is 11.6 Å². The largest absolute Gasteiger partial charge is 0.480 e. The summed E-state index contributed by atoms with van der Waals surface area (Å²) in [6.07, 6.45) is 0. The Morgan fingerprint density at radius 1 is 1.40 bits per heavy atom. The summed E-state index contributed by atoms with van der Waals surface area (Å²) < 4.78 is 0. The first-order chi connectivity index (χ1) is 9.14. The number of carboxylic acids is 1. The molecule has 1 aromatic carbocycles. The van der Waals surface area contributed by atoms with Gasteiger partial charge >= 0.3 is 5.97 Å². The Labute approximate surface area is 123 Å². The van der Waals surface area contributed by atoms with Gasteiger partial charge in [0.15, 0.2) is 0 Å². The fourth-order valence-electron chi connectivity index (χ4n) is 1.53. The first kappa shape index (κ1) is 16.5. The van der Waals surface area contributed by atoms with Crippen molar-refractivity contribution < 1.29 is 14.7 Å². The van der Waals surface area contributed by atoms with Crippen LogP contribution in [0.1, 0.15) is 19.4 Å². The molecule has 0 spiro atoms. The summed E-state index contributed by atoms with van der Waals surface area (Å²) in [5.74, 6) is -1.25. The Kier molecular flexibility index (Phi) is 5.14. The fraction of sp³-hybridized carbons (Fsp3) is 0.429. The van der Waals surface area contributed by atoms with Gasteiger partial charge in [-0.1, -0.05) is 11.6 Å². The molecule has 1 aromatic rings. The number of likely N-dealkylation sites (N-methyl/N-ethyl adjacent to an activating group) is 1. The van der Waals surface area contributed by atoms with E-state index in [4.69, 9.17) is 16.7 Å². The van der Waals surface area contributed by atoms with Gasteiger partial charge in [0, 0.05) is 10.7 Å². The van der Waals surface area contributed by atoms with Gasteiger partial charge in [0.25, 0.3) is 0 Å². The standard InChI is InChI=1S/C14H19ClN2O3/c1-9-7-10(15)5-6-11(9)16-12(18)8-17(4)14(2,3)13(19)20/h5-7H,8H2,1-4H3,(H,16,18)(H,19,20). The molecule has 0 radical (unpaired) electrons. The number of aryl methyl sites for hydroxylation is 1. The molecule has 1 amide bonds. The van der Waals surface area contributed by atoms with Gasteiger partial charge in [-0.25, -0.2) is 0 Å². The minimum Gasteiger partial charge on any atom is -0.480 e. The molecular formula is C14H19ClN2O3. The molecule has 6 heteroatoms. The van der Waals surface area contributed by atoms with Crippen molar-refractivity contribution in [3.8, 4) is 0 Å². The number of amides is 1. The number of anilines is 1. The molecule has 110 valence electrons. The van der Waals surface area contributed by atoms with Gasteiger partial charge in [0.1, 0.15) is 5.54 Å². The molecule has 0 unspecified atom stereocenters. The Morgan fingerprint density at radius 3 is 2.50 bits per heavy atom. The monoisotopic (exact) mass is 298 g/mol. The molecule has 1 rings (SSSR count). The molecule has 0 saturated carbocycles. The van der Waals surface area contributed by atoms with Gasteiger partial charge in [-0.2, -0.15) is 0 Å². The highest BCUT2D eigenvalue weighted by Gasteiger charge is 2.32. The number of hydrogen-bond acceptors (Lipinski definition) is 3. The van der Waals surface area contributed by atoms with Crippen molar-refractivity contribution in [1.82, 2.24) is 4.90 Å². The molecule has 0 fully saturated rings. The number of halogens is 1. The Hall–Kier alpha value is -1.59. The molecule has 0 aliphatic rings. The van der Waals surface area contributed by atoms with Crippen LogP contribution in [-0.4, -0.2) is 41.0 Å². The van der Waals surface area contributed by atoms with Gasteiger partial charge in [0.05, 0.1) is 6.54 Å². The predicted octanol–water partition coefficient (Wildman–Crippen LogP) is 2.38. The molecule has 0 heterocycles. The molecule has 0 atom stereocenters. The SMILES string of the molecule is Cc1cc(Cl)ccc1NC(=O)CN(C)C(C)(C)C(=O)O. The summed E-state index contributed by atoms with van der Waals surface area (Å²) in [7, 11) is 1.60. The highest BCUT2D eigenvalue weighted by molar-refractivity contribution is 6.30. The van der Waals surface area contributed by atoms with Crippen LogP contribution < -0.4 is 5.32 Å². The number of benzene rings is 1. The summed E-state index contributed by atoms with van der Waals surface area (Å²) in [6, 6.07) is 5.16. The summed E-state index contributed by atoms with van der Waals surface area (Å²) >= 11 is 5.85. The molecule has 0 aliphatic carbocycles. The molecule has 0 aliphatic heterocycles. The summed E-state index contributed by atoms with van der Waals surface area (Å²) in [5.41, 5.74) is 0.416. The van der Waals surface area contributed by atoms with Crippen molar-refractivity contribution in [2.75, 3.05) is 18.9 Å². The second-order valence-corrected chi connectivity index (χ2v) is 5.66. The van der Waals surface area contributed by atoms with E-state index >= 15 is 0 Å². The quantitative estimate of drug-likeness (QED) is 0.875. The van der Waals surface area contributed by atoms with Gasteiger partial charge < -0.3 is 10.4 Å². The maximum absolute atomic E-state index is 12.0.